The van der Waals surface area contributed by atoms with Crippen LogP contribution in [0.3, 0.4) is 0 Å². The van der Waals surface area contributed by atoms with Crippen LogP contribution in [0.2, 0.25) is 0 Å². The molecule has 25 heavy (non-hydrogen) atoms. The number of anilines is 2. The maximum Gasteiger partial charge on any atom is 0.224 e. The summed E-state index contributed by atoms with van der Waals surface area (Å²) in [6.45, 7) is 3.87. The fourth-order valence-corrected chi connectivity index (χ4v) is 2.88. The van der Waals surface area contributed by atoms with Crippen molar-refractivity contribution in [1.82, 2.24) is 19.6 Å². The number of fused-ring (bicyclic) bond motifs is 1. The van der Waals surface area contributed by atoms with Crippen molar-refractivity contribution in [3.63, 3.8) is 0 Å². The summed E-state index contributed by atoms with van der Waals surface area (Å²) in [6, 6.07) is 9.71. The average molecular weight is 334 g/mol. The second kappa shape index (κ2) is 5.62. The van der Waals surface area contributed by atoms with Gasteiger partial charge in [0.2, 0.25) is 11.8 Å². The lowest BCUT2D eigenvalue weighted by Gasteiger charge is -2.07. The molecule has 0 aliphatic rings. The molecule has 0 unspecified atom stereocenters. The van der Waals surface area contributed by atoms with Gasteiger partial charge in [0.25, 0.3) is 0 Å². The summed E-state index contributed by atoms with van der Waals surface area (Å²) in [7, 11) is 0. The maximum absolute atomic E-state index is 6.20. The zero-order chi connectivity index (χ0) is 17.6. The lowest BCUT2D eigenvalue weighted by atomic mass is 10.0. The molecule has 4 N–H and O–H groups in total. The fraction of sp³-hybridized carbons (Fsp3) is 0.167. The third-order valence-electron chi connectivity index (χ3n) is 4.21. The fourth-order valence-electron chi connectivity index (χ4n) is 2.88. The van der Waals surface area contributed by atoms with Crippen LogP contribution in [0.25, 0.3) is 17.2 Å². The Morgan fingerprint density at radius 2 is 1.88 bits per heavy atom. The Balaban J connectivity index is 1.84. The number of benzene rings is 1. The molecule has 4 aromatic rings. The Hall–Kier alpha value is -3.35. The van der Waals surface area contributed by atoms with E-state index in [1.807, 2.05) is 44.2 Å². The standard InChI is InChI=1S/C18H18N6O/c1-10-4-3-5-12(15(10)19)8-13-9-21-24-16(13)22-18(20)23-17(24)14-7-6-11(2)25-14/h3-7,9H,8,19H2,1-2H3,(H2,20,22). The molecule has 0 aliphatic heterocycles. The molecule has 0 aliphatic carbocycles. The zero-order valence-electron chi connectivity index (χ0n) is 14.0. The van der Waals surface area contributed by atoms with Gasteiger partial charge >= 0.3 is 0 Å². The van der Waals surface area contributed by atoms with Crippen LogP contribution in [0.4, 0.5) is 11.6 Å². The lowest BCUT2D eigenvalue weighted by Crippen LogP contribution is -2.05. The normalized spacial score (nSPS) is 11.3. The van der Waals surface area contributed by atoms with Crippen molar-refractivity contribution in [2.45, 2.75) is 20.3 Å². The van der Waals surface area contributed by atoms with Crippen LogP contribution < -0.4 is 11.5 Å². The van der Waals surface area contributed by atoms with Crippen molar-refractivity contribution in [2.75, 3.05) is 11.5 Å². The van der Waals surface area contributed by atoms with E-state index in [1.54, 1.807) is 10.7 Å². The Morgan fingerprint density at radius 1 is 1.04 bits per heavy atom. The van der Waals surface area contributed by atoms with Crippen LogP contribution in [-0.4, -0.2) is 19.6 Å². The van der Waals surface area contributed by atoms with E-state index in [0.29, 0.717) is 23.7 Å². The van der Waals surface area contributed by atoms with Gasteiger partial charge in [0.15, 0.2) is 11.4 Å². The molecular formula is C18H18N6O. The third kappa shape index (κ3) is 2.59. The van der Waals surface area contributed by atoms with Crippen molar-refractivity contribution < 1.29 is 4.42 Å². The minimum absolute atomic E-state index is 0.176. The SMILES string of the molecule is Cc1ccc(-c2nc(N)nc3c(Cc4cccc(C)c4N)cnn23)o1. The van der Waals surface area contributed by atoms with Gasteiger partial charge in [0.05, 0.1) is 6.20 Å². The molecule has 1 aromatic carbocycles. The van der Waals surface area contributed by atoms with Gasteiger partial charge in [0.1, 0.15) is 5.76 Å². The van der Waals surface area contributed by atoms with Crippen LogP contribution in [0, 0.1) is 13.8 Å². The highest BCUT2D eigenvalue weighted by Crippen LogP contribution is 2.25. The summed E-state index contributed by atoms with van der Waals surface area (Å²) >= 11 is 0. The monoisotopic (exact) mass is 334 g/mol. The molecule has 0 radical (unpaired) electrons. The van der Waals surface area contributed by atoms with E-state index in [1.165, 1.54) is 0 Å². The molecule has 7 nitrogen and oxygen atoms in total. The van der Waals surface area contributed by atoms with Crippen molar-refractivity contribution in [1.29, 1.82) is 0 Å². The summed E-state index contributed by atoms with van der Waals surface area (Å²) < 4.78 is 7.32. The summed E-state index contributed by atoms with van der Waals surface area (Å²) in [5.41, 5.74) is 16.6. The van der Waals surface area contributed by atoms with Crippen LogP contribution in [0.1, 0.15) is 22.5 Å². The molecule has 0 atom stereocenters. The highest BCUT2D eigenvalue weighted by Gasteiger charge is 2.16. The molecule has 0 amide bonds. The van der Waals surface area contributed by atoms with Gasteiger partial charge in [-0.2, -0.15) is 19.6 Å². The minimum atomic E-state index is 0.176. The maximum atomic E-state index is 6.20. The molecule has 3 heterocycles. The summed E-state index contributed by atoms with van der Waals surface area (Å²) in [4.78, 5) is 8.65. The van der Waals surface area contributed by atoms with E-state index >= 15 is 0 Å². The van der Waals surface area contributed by atoms with Crippen LogP contribution in [-0.2, 0) is 6.42 Å². The number of nitrogens with two attached hydrogens (primary N) is 2. The Morgan fingerprint density at radius 3 is 2.64 bits per heavy atom. The molecule has 7 heteroatoms. The summed E-state index contributed by atoms with van der Waals surface area (Å²) in [6.07, 6.45) is 2.38. The molecule has 126 valence electrons. The van der Waals surface area contributed by atoms with E-state index in [4.69, 9.17) is 15.9 Å². The van der Waals surface area contributed by atoms with Crippen molar-refractivity contribution >= 4 is 17.3 Å². The Kier molecular flexibility index (Phi) is 3.42. The van der Waals surface area contributed by atoms with Crippen LogP contribution in [0.15, 0.2) is 40.9 Å². The Bertz CT molecular complexity index is 1080. The van der Waals surface area contributed by atoms with Gasteiger partial charge < -0.3 is 15.9 Å². The van der Waals surface area contributed by atoms with Crippen LogP contribution in [0.5, 0.6) is 0 Å². The van der Waals surface area contributed by atoms with Gasteiger partial charge in [-0.15, -0.1) is 0 Å². The Labute approximate surface area is 144 Å². The number of furan rings is 1. The first-order valence-electron chi connectivity index (χ1n) is 7.94. The van der Waals surface area contributed by atoms with E-state index < -0.39 is 0 Å². The number of hydrogen-bond donors (Lipinski definition) is 2. The quantitative estimate of drug-likeness (QED) is 0.558. The number of hydrogen-bond acceptors (Lipinski definition) is 6. The summed E-state index contributed by atoms with van der Waals surface area (Å²) in [5, 5.41) is 4.43. The van der Waals surface area contributed by atoms with E-state index in [2.05, 4.69) is 15.1 Å². The highest BCUT2D eigenvalue weighted by molar-refractivity contribution is 5.61. The third-order valence-corrected chi connectivity index (χ3v) is 4.21. The lowest BCUT2D eigenvalue weighted by molar-refractivity contribution is 0.541. The number of nitrogens with zero attached hydrogens (tertiary/aromatic N) is 4. The van der Waals surface area contributed by atoms with Crippen LogP contribution >= 0.6 is 0 Å². The number of para-hydroxylation sites is 1. The van der Waals surface area contributed by atoms with Gasteiger partial charge in [-0.05, 0) is 37.1 Å². The molecule has 0 saturated heterocycles. The van der Waals surface area contributed by atoms with Crippen molar-refractivity contribution in [2.24, 2.45) is 0 Å². The van der Waals surface area contributed by atoms with E-state index in [9.17, 15) is 0 Å². The second-order valence-corrected chi connectivity index (χ2v) is 6.05. The number of rotatable bonds is 3. The number of aryl methyl sites for hydroxylation is 2. The molecular weight excluding hydrogens is 316 g/mol. The molecule has 0 spiro atoms. The largest absolute Gasteiger partial charge is 0.458 e. The van der Waals surface area contributed by atoms with Gasteiger partial charge in [-0.3, -0.25) is 0 Å². The highest BCUT2D eigenvalue weighted by atomic mass is 16.3. The van der Waals surface area contributed by atoms with Gasteiger partial charge in [-0.25, -0.2) is 0 Å². The van der Waals surface area contributed by atoms with E-state index in [-0.39, 0.29) is 5.95 Å². The number of aromatic nitrogens is 4. The minimum Gasteiger partial charge on any atom is -0.458 e. The summed E-state index contributed by atoms with van der Waals surface area (Å²) in [5.74, 6) is 2.09. The predicted molar refractivity (Wildman–Crippen MR) is 96.0 cm³/mol. The first-order chi connectivity index (χ1) is 12.0. The first-order valence-corrected chi connectivity index (χ1v) is 7.94. The predicted octanol–water partition coefficient (Wildman–Crippen LogP) is 2.76. The molecule has 0 bridgehead atoms. The average Bonchev–Trinajstić information content (AvgIpc) is 3.18. The molecule has 0 fully saturated rings. The molecule has 3 aromatic heterocycles. The molecule has 0 saturated carbocycles. The van der Waals surface area contributed by atoms with E-state index in [0.717, 1.165) is 28.1 Å². The smallest absolute Gasteiger partial charge is 0.224 e. The van der Waals surface area contributed by atoms with Crippen molar-refractivity contribution in [3.8, 4) is 11.6 Å². The molecule has 4 rings (SSSR count). The van der Waals surface area contributed by atoms with Gasteiger partial charge in [-0.1, -0.05) is 18.2 Å². The number of nitrogen functional groups attached to an aromatic ring is 2. The first kappa shape index (κ1) is 15.2. The zero-order valence-corrected chi connectivity index (χ0v) is 14.0. The van der Waals surface area contributed by atoms with Crippen molar-refractivity contribution in [3.05, 3.63) is 59.0 Å². The second-order valence-electron chi connectivity index (χ2n) is 6.05. The topological polar surface area (TPSA) is 108 Å². The van der Waals surface area contributed by atoms with Gasteiger partial charge in [0, 0.05) is 17.7 Å².